The summed E-state index contributed by atoms with van der Waals surface area (Å²) in [6.07, 6.45) is 0.784. The molecule has 3 rings (SSSR count). The maximum Gasteiger partial charge on any atom is 0.325 e. The van der Waals surface area contributed by atoms with E-state index in [0.29, 0.717) is 0 Å². The second-order valence-corrected chi connectivity index (χ2v) is 5.59. The standard InChI is InChI=1S/C17H17NO3/c1-10(17(20)21)18-16(19)15-9-14(15)13-8-4-6-11-5-2-3-7-12(11)13/h2-8,10,14-15H,9H2,1H3,(H,18,19)(H,20,21)/t10-,14?,15?/m0/s1. The van der Waals surface area contributed by atoms with E-state index in [0.717, 1.165) is 6.42 Å². The van der Waals surface area contributed by atoms with Crippen molar-refractivity contribution < 1.29 is 14.7 Å². The quantitative estimate of drug-likeness (QED) is 0.906. The molecule has 2 aromatic carbocycles. The van der Waals surface area contributed by atoms with Gasteiger partial charge in [-0.1, -0.05) is 42.5 Å². The van der Waals surface area contributed by atoms with Gasteiger partial charge in [0.15, 0.2) is 0 Å². The minimum atomic E-state index is -1.01. The summed E-state index contributed by atoms with van der Waals surface area (Å²) >= 11 is 0. The van der Waals surface area contributed by atoms with Crippen LogP contribution in [0.1, 0.15) is 24.8 Å². The van der Waals surface area contributed by atoms with Crippen LogP contribution in [0.15, 0.2) is 42.5 Å². The van der Waals surface area contributed by atoms with Gasteiger partial charge in [-0.15, -0.1) is 0 Å². The second-order valence-electron chi connectivity index (χ2n) is 5.59. The van der Waals surface area contributed by atoms with E-state index in [9.17, 15) is 9.59 Å². The molecule has 1 amide bonds. The Kier molecular flexibility index (Phi) is 3.37. The van der Waals surface area contributed by atoms with Crippen molar-refractivity contribution in [2.24, 2.45) is 5.92 Å². The zero-order valence-electron chi connectivity index (χ0n) is 11.7. The topological polar surface area (TPSA) is 66.4 Å². The average Bonchev–Trinajstić information content (AvgIpc) is 3.27. The lowest BCUT2D eigenvalue weighted by Gasteiger charge is -2.09. The Morgan fingerprint density at radius 1 is 1.19 bits per heavy atom. The van der Waals surface area contributed by atoms with Crippen molar-refractivity contribution in [3.63, 3.8) is 0 Å². The molecule has 1 fully saturated rings. The lowest BCUT2D eigenvalue weighted by atomic mass is 10.00. The Morgan fingerprint density at radius 3 is 2.67 bits per heavy atom. The number of carboxylic acids is 1. The number of amides is 1. The maximum atomic E-state index is 12.1. The molecule has 2 N–H and O–H groups in total. The molecule has 1 aliphatic carbocycles. The molecule has 4 heteroatoms. The van der Waals surface area contributed by atoms with Crippen LogP contribution in [0.4, 0.5) is 0 Å². The van der Waals surface area contributed by atoms with Crippen LogP contribution in [0.2, 0.25) is 0 Å². The van der Waals surface area contributed by atoms with Crippen molar-refractivity contribution in [3.05, 3.63) is 48.0 Å². The molecule has 0 bridgehead atoms. The summed E-state index contributed by atoms with van der Waals surface area (Å²) in [5.41, 5.74) is 1.18. The lowest BCUT2D eigenvalue weighted by Crippen LogP contribution is -2.39. The fourth-order valence-corrected chi connectivity index (χ4v) is 2.78. The van der Waals surface area contributed by atoms with E-state index >= 15 is 0 Å². The molecule has 1 saturated carbocycles. The third-order valence-corrected chi connectivity index (χ3v) is 4.08. The molecule has 0 aromatic heterocycles. The number of benzene rings is 2. The third-order valence-electron chi connectivity index (χ3n) is 4.08. The Balaban J connectivity index is 1.78. The summed E-state index contributed by atoms with van der Waals surface area (Å²) in [7, 11) is 0. The molecule has 0 radical (unpaired) electrons. The summed E-state index contributed by atoms with van der Waals surface area (Å²) in [5, 5.41) is 13.7. The third kappa shape index (κ3) is 2.61. The van der Waals surface area contributed by atoms with E-state index in [1.807, 2.05) is 18.2 Å². The SMILES string of the molecule is C[C@H](NC(=O)C1CC1c1cccc2ccccc12)C(=O)O. The largest absolute Gasteiger partial charge is 0.480 e. The number of carboxylic acid groups (broad SMARTS) is 1. The van der Waals surface area contributed by atoms with Gasteiger partial charge >= 0.3 is 5.97 Å². The number of nitrogens with one attached hydrogen (secondary N) is 1. The first-order chi connectivity index (χ1) is 10.1. The van der Waals surface area contributed by atoms with Crippen LogP contribution in [0.3, 0.4) is 0 Å². The van der Waals surface area contributed by atoms with Crippen LogP contribution in [0.25, 0.3) is 10.8 Å². The molecular weight excluding hydrogens is 266 g/mol. The first-order valence-corrected chi connectivity index (χ1v) is 7.09. The highest BCUT2D eigenvalue weighted by Crippen LogP contribution is 2.49. The Bertz CT molecular complexity index is 705. The Labute approximate surface area is 122 Å². The molecule has 0 heterocycles. The normalized spacial score (nSPS) is 21.8. The van der Waals surface area contributed by atoms with Gasteiger partial charge in [0, 0.05) is 5.92 Å². The van der Waals surface area contributed by atoms with Gasteiger partial charge in [-0.3, -0.25) is 9.59 Å². The molecule has 2 aromatic rings. The number of hydrogen-bond donors (Lipinski definition) is 2. The van der Waals surface area contributed by atoms with Crippen LogP contribution >= 0.6 is 0 Å². The van der Waals surface area contributed by atoms with Crippen molar-refractivity contribution in [1.29, 1.82) is 0 Å². The van der Waals surface area contributed by atoms with Gasteiger partial charge in [-0.2, -0.15) is 0 Å². The summed E-state index contributed by atoms with van der Waals surface area (Å²) in [4.78, 5) is 22.9. The highest BCUT2D eigenvalue weighted by molar-refractivity contribution is 5.91. The Morgan fingerprint density at radius 2 is 1.90 bits per heavy atom. The molecule has 3 atom stereocenters. The number of fused-ring (bicyclic) bond motifs is 1. The van der Waals surface area contributed by atoms with Crippen LogP contribution < -0.4 is 5.32 Å². The number of hydrogen-bond acceptors (Lipinski definition) is 2. The summed E-state index contributed by atoms with van der Waals surface area (Å²) in [6.45, 7) is 1.48. The van der Waals surface area contributed by atoms with Crippen molar-refractivity contribution in [3.8, 4) is 0 Å². The minimum Gasteiger partial charge on any atom is -0.480 e. The minimum absolute atomic E-state index is 0.113. The van der Waals surface area contributed by atoms with E-state index in [4.69, 9.17) is 5.11 Å². The molecule has 1 aliphatic rings. The molecule has 4 nitrogen and oxygen atoms in total. The number of aliphatic carboxylic acids is 1. The van der Waals surface area contributed by atoms with Crippen molar-refractivity contribution >= 4 is 22.6 Å². The first-order valence-electron chi connectivity index (χ1n) is 7.09. The van der Waals surface area contributed by atoms with Gasteiger partial charge in [-0.05, 0) is 35.6 Å². The fourth-order valence-electron chi connectivity index (χ4n) is 2.78. The van der Waals surface area contributed by atoms with E-state index in [1.54, 1.807) is 0 Å². The van der Waals surface area contributed by atoms with Crippen molar-refractivity contribution in [1.82, 2.24) is 5.32 Å². The Hall–Kier alpha value is -2.36. The van der Waals surface area contributed by atoms with E-state index in [1.165, 1.54) is 23.3 Å². The molecule has 108 valence electrons. The monoisotopic (exact) mass is 283 g/mol. The number of carbonyl (C=O) groups is 2. The summed E-state index contributed by atoms with van der Waals surface area (Å²) < 4.78 is 0. The molecule has 2 unspecified atom stereocenters. The van der Waals surface area contributed by atoms with Gasteiger partial charge < -0.3 is 10.4 Å². The molecule has 0 aliphatic heterocycles. The molecule has 21 heavy (non-hydrogen) atoms. The summed E-state index contributed by atoms with van der Waals surface area (Å²) in [5.74, 6) is -1.09. The maximum absolute atomic E-state index is 12.1. The first kappa shape index (κ1) is 13.6. The second kappa shape index (κ2) is 5.20. The lowest BCUT2D eigenvalue weighted by molar-refractivity contribution is -0.141. The highest BCUT2D eigenvalue weighted by atomic mass is 16.4. The zero-order valence-corrected chi connectivity index (χ0v) is 11.7. The van der Waals surface area contributed by atoms with E-state index in [-0.39, 0.29) is 17.7 Å². The van der Waals surface area contributed by atoms with Crippen LogP contribution in [-0.2, 0) is 9.59 Å². The van der Waals surface area contributed by atoms with Gasteiger partial charge in [0.25, 0.3) is 0 Å². The fraction of sp³-hybridized carbons (Fsp3) is 0.294. The average molecular weight is 283 g/mol. The summed E-state index contributed by atoms with van der Waals surface area (Å²) in [6, 6.07) is 13.4. The predicted octanol–water partition coefficient (Wildman–Crippen LogP) is 2.53. The molecule has 0 spiro atoms. The number of carbonyl (C=O) groups excluding carboxylic acids is 1. The molecular formula is C17H17NO3. The predicted molar refractivity (Wildman–Crippen MR) is 80.0 cm³/mol. The van der Waals surface area contributed by atoms with Crippen LogP contribution in [-0.4, -0.2) is 23.0 Å². The van der Waals surface area contributed by atoms with Crippen LogP contribution in [0, 0.1) is 5.92 Å². The van der Waals surface area contributed by atoms with Gasteiger partial charge in [0.1, 0.15) is 6.04 Å². The van der Waals surface area contributed by atoms with E-state index < -0.39 is 12.0 Å². The van der Waals surface area contributed by atoms with Crippen molar-refractivity contribution in [2.75, 3.05) is 0 Å². The van der Waals surface area contributed by atoms with Gasteiger partial charge in [0.05, 0.1) is 0 Å². The van der Waals surface area contributed by atoms with Gasteiger partial charge in [-0.25, -0.2) is 0 Å². The van der Waals surface area contributed by atoms with Crippen LogP contribution in [0.5, 0.6) is 0 Å². The van der Waals surface area contributed by atoms with Crippen molar-refractivity contribution in [2.45, 2.75) is 25.3 Å². The number of rotatable bonds is 4. The van der Waals surface area contributed by atoms with Gasteiger partial charge in [0.2, 0.25) is 5.91 Å². The smallest absolute Gasteiger partial charge is 0.325 e. The van der Waals surface area contributed by atoms with E-state index in [2.05, 4.69) is 29.6 Å². The zero-order chi connectivity index (χ0) is 15.0. The highest BCUT2D eigenvalue weighted by Gasteiger charge is 2.45. The molecule has 0 saturated heterocycles.